The molecule has 1 aromatic rings. The van der Waals surface area contributed by atoms with Gasteiger partial charge in [0.1, 0.15) is 5.69 Å². The lowest BCUT2D eigenvalue weighted by molar-refractivity contribution is -0.384. The van der Waals surface area contributed by atoms with Gasteiger partial charge in [-0.1, -0.05) is 0 Å². The number of nitrogens with two attached hydrogens (primary N) is 1. The second kappa shape index (κ2) is 5.46. The van der Waals surface area contributed by atoms with E-state index in [4.69, 9.17) is 5.73 Å². The zero-order valence-corrected chi connectivity index (χ0v) is 11.5. The lowest BCUT2D eigenvalue weighted by atomic mass is 10.1. The first kappa shape index (κ1) is 14.3. The van der Waals surface area contributed by atoms with Crippen LogP contribution in [0.25, 0.3) is 0 Å². The van der Waals surface area contributed by atoms with Gasteiger partial charge in [0.2, 0.25) is 0 Å². The van der Waals surface area contributed by atoms with E-state index in [1.165, 1.54) is 13.1 Å². The van der Waals surface area contributed by atoms with Crippen LogP contribution < -0.4 is 16.0 Å². The Kier molecular flexibility index (Phi) is 3.89. The number of hydrogen-bond donors (Lipinski definition) is 2. The Morgan fingerprint density at radius 3 is 2.75 bits per heavy atom. The van der Waals surface area contributed by atoms with Crippen LogP contribution in [-0.4, -0.2) is 36.5 Å². The number of nitro benzene ring substituents is 1. The summed E-state index contributed by atoms with van der Waals surface area (Å²) in [5, 5.41) is 13.7. The summed E-state index contributed by atoms with van der Waals surface area (Å²) in [6.45, 7) is 2.64. The maximum absolute atomic E-state index is 11.6. The number of nitrogens with one attached hydrogen (secondary N) is 1. The number of nitrogens with zero attached hydrogens (tertiary/aromatic N) is 2. The molecule has 108 valence electrons. The zero-order chi connectivity index (χ0) is 14.9. The molecule has 1 fully saturated rings. The van der Waals surface area contributed by atoms with E-state index in [1.807, 2.05) is 11.8 Å². The van der Waals surface area contributed by atoms with Gasteiger partial charge in [0, 0.05) is 37.3 Å². The van der Waals surface area contributed by atoms with Gasteiger partial charge in [0.05, 0.1) is 4.92 Å². The van der Waals surface area contributed by atoms with Gasteiger partial charge < -0.3 is 16.0 Å². The summed E-state index contributed by atoms with van der Waals surface area (Å²) in [5.41, 5.74) is 6.69. The molecule has 0 saturated carbocycles. The molecule has 2 unspecified atom stereocenters. The van der Waals surface area contributed by atoms with E-state index in [0.29, 0.717) is 12.2 Å². The Hall–Kier alpha value is -2.15. The molecule has 20 heavy (non-hydrogen) atoms. The topological polar surface area (TPSA) is 102 Å². The van der Waals surface area contributed by atoms with Crippen LogP contribution in [0.5, 0.6) is 0 Å². The number of carbonyl (C=O) groups excluding carboxylic acids is 1. The summed E-state index contributed by atoms with van der Waals surface area (Å²) < 4.78 is 0. The molecule has 7 nitrogen and oxygen atoms in total. The molecule has 1 aliphatic rings. The number of benzene rings is 1. The van der Waals surface area contributed by atoms with Crippen LogP contribution in [0.15, 0.2) is 18.2 Å². The summed E-state index contributed by atoms with van der Waals surface area (Å²) in [4.78, 5) is 24.3. The first-order valence-corrected chi connectivity index (χ1v) is 6.48. The van der Waals surface area contributed by atoms with Gasteiger partial charge in [-0.15, -0.1) is 0 Å². The third kappa shape index (κ3) is 2.44. The number of nitro groups is 1. The maximum Gasteiger partial charge on any atom is 0.293 e. The number of anilines is 1. The van der Waals surface area contributed by atoms with Crippen LogP contribution >= 0.6 is 0 Å². The van der Waals surface area contributed by atoms with Crippen molar-refractivity contribution in [2.75, 3.05) is 18.5 Å². The molecule has 0 spiro atoms. The highest BCUT2D eigenvalue weighted by molar-refractivity contribution is 5.95. The molecule has 3 N–H and O–H groups in total. The Labute approximate surface area is 116 Å². The number of amides is 1. The molecule has 7 heteroatoms. The first-order valence-electron chi connectivity index (χ1n) is 6.48. The molecule has 1 saturated heterocycles. The third-order valence-corrected chi connectivity index (χ3v) is 3.79. The minimum atomic E-state index is -0.460. The minimum absolute atomic E-state index is 0.00761. The van der Waals surface area contributed by atoms with E-state index >= 15 is 0 Å². The highest BCUT2D eigenvalue weighted by Gasteiger charge is 2.32. The van der Waals surface area contributed by atoms with Crippen molar-refractivity contribution in [2.24, 2.45) is 5.73 Å². The predicted molar refractivity (Wildman–Crippen MR) is 75.9 cm³/mol. The second-order valence-electron chi connectivity index (χ2n) is 4.93. The molecule has 0 bridgehead atoms. The van der Waals surface area contributed by atoms with Gasteiger partial charge in [-0.3, -0.25) is 14.9 Å². The van der Waals surface area contributed by atoms with E-state index in [0.717, 1.165) is 6.42 Å². The second-order valence-corrected chi connectivity index (χ2v) is 4.93. The minimum Gasteiger partial charge on any atom is -0.362 e. The van der Waals surface area contributed by atoms with Crippen molar-refractivity contribution >= 4 is 17.3 Å². The molecule has 1 aromatic carbocycles. The van der Waals surface area contributed by atoms with E-state index < -0.39 is 4.92 Å². The molecule has 1 aliphatic heterocycles. The normalized spacial score (nSPS) is 21.9. The molecule has 0 aliphatic carbocycles. The first-order chi connectivity index (χ1) is 9.45. The maximum atomic E-state index is 11.6. The summed E-state index contributed by atoms with van der Waals surface area (Å²) in [7, 11) is 1.49. The summed E-state index contributed by atoms with van der Waals surface area (Å²) in [6, 6.07) is 4.58. The quantitative estimate of drug-likeness (QED) is 0.631. The number of hydrogen-bond acceptors (Lipinski definition) is 5. The van der Waals surface area contributed by atoms with Crippen molar-refractivity contribution in [2.45, 2.75) is 25.4 Å². The fraction of sp³-hybridized carbons (Fsp3) is 0.462. The number of rotatable bonds is 3. The van der Waals surface area contributed by atoms with E-state index in [1.54, 1.807) is 12.1 Å². The van der Waals surface area contributed by atoms with Gasteiger partial charge in [-0.2, -0.15) is 0 Å². The molecule has 0 radical (unpaired) electrons. The molecule has 1 amide bonds. The van der Waals surface area contributed by atoms with Gasteiger partial charge in [-0.25, -0.2) is 0 Å². The SMILES string of the molecule is CNC(=O)c1ccc(N2CCC(N)C2C)c([N+](=O)[O-])c1. The lowest BCUT2D eigenvalue weighted by Gasteiger charge is -2.25. The Morgan fingerprint density at radius 2 is 2.25 bits per heavy atom. The van der Waals surface area contributed by atoms with Crippen molar-refractivity contribution in [3.8, 4) is 0 Å². The zero-order valence-electron chi connectivity index (χ0n) is 11.5. The van der Waals surface area contributed by atoms with Gasteiger partial charge in [0.15, 0.2) is 0 Å². The standard InChI is InChI=1S/C13H18N4O3/c1-8-10(14)5-6-16(8)11-4-3-9(13(18)15-2)7-12(11)17(19)20/h3-4,7-8,10H,5-6,14H2,1-2H3,(H,15,18). The van der Waals surface area contributed by atoms with Gasteiger partial charge in [-0.05, 0) is 25.5 Å². The molecule has 1 heterocycles. The van der Waals surface area contributed by atoms with Crippen molar-refractivity contribution in [1.29, 1.82) is 0 Å². The van der Waals surface area contributed by atoms with Crippen LogP contribution in [0.4, 0.5) is 11.4 Å². The number of carbonyl (C=O) groups is 1. The fourth-order valence-corrected chi connectivity index (χ4v) is 2.50. The smallest absolute Gasteiger partial charge is 0.293 e. The lowest BCUT2D eigenvalue weighted by Crippen LogP contribution is -2.37. The van der Waals surface area contributed by atoms with Gasteiger partial charge in [0.25, 0.3) is 11.6 Å². The summed E-state index contributed by atoms with van der Waals surface area (Å²) in [5.74, 6) is -0.342. The fourth-order valence-electron chi connectivity index (χ4n) is 2.50. The van der Waals surface area contributed by atoms with E-state index in [9.17, 15) is 14.9 Å². The molecule has 2 atom stereocenters. The Morgan fingerprint density at radius 1 is 1.55 bits per heavy atom. The largest absolute Gasteiger partial charge is 0.362 e. The highest BCUT2D eigenvalue weighted by atomic mass is 16.6. The average Bonchev–Trinajstić information content (AvgIpc) is 2.77. The van der Waals surface area contributed by atoms with Crippen LogP contribution in [0.2, 0.25) is 0 Å². The van der Waals surface area contributed by atoms with Crippen LogP contribution in [0.3, 0.4) is 0 Å². The average molecular weight is 278 g/mol. The van der Waals surface area contributed by atoms with E-state index in [-0.39, 0.29) is 29.2 Å². The summed E-state index contributed by atoms with van der Waals surface area (Å²) in [6.07, 6.45) is 0.801. The monoisotopic (exact) mass is 278 g/mol. The Balaban J connectivity index is 2.43. The van der Waals surface area contributed by atoms with Crippen molar-refractivity contribution < 1.29 is 9.72 Å². The third-order valence-electron chi connectivity index (χ3n) is 3.79. The van der Waals surface area contributed by atoms with Crippen molar-refractivity contribution in [3.63, 3.8) is 0 Å². The van der Waals surface area contributed by atoms with Gasteiger partial charge >= 0.3 is 0 Å². The predicted octanol–water partition coefficient (Wildman–Crippen LogP) is 0.880. The highest BCUT2D eigenvalue weighted by Crippen LogP contribution is 2.33. The molecule has 0 aromatic heterocycles. The van der Waals surface area contributed by atoms with Crippen LogP contribution in [-0.2, 0) is 0 Å². The summed E-state index contributed by atoms with van der Waals surface area (Å²) >= 11 is 0. The molecular weight excluding hydrogens is 260 g/mol. The molecular formula is C13H18N4O3. The van der Waals surface area contributed by atoms with Crippen molar-refractivity contribution in [1.82, 2.24) is 5.32 Å². The Bertz CT molecular complexity index is 546. The van der Waals surface area contributed by atoms with E-state index in [2.05, 4.69) is 5.32 Å². The molecule has 2 rings (SSSR count). The van der Waals surface area contributed by atoms with Crippen LogP contribution in [0.1, 0.15) is 23.7 Å². The van der Waals surface area contributed by atoms with Crippen molar-refractivity contribution in [3.05, 3.63) is 33.9 Å². The van der Waals surface area contributed by atoms with Crippen LogP contribution in [0, 0.1) is 10.1 Å².